The standard InChI is InChI=1S/C8H12N4.C5H10N2O2/c9-6-4-2-1-3-5(6)7(10)8(11)12;1-3-5(4-2,6-8)7-9/h1-4H,9-12H2;3-4H2,1-2H3. The molecule has 0 amide bonds. The van der Waals surface area contributed by atoms with Crippen molar-refractivity contribution in [2.75, 3.05) is 5.73 Å². The van der Waals surface area contributed by atoms with Crippen molar-refractivity contribution in [3.63, 3.8) is 0 Å². The molecule has 0 saturated heterocycles. The van der Waals surface area contributed by atoms with Gasteiger partial charge in [0.25, 0.3) is 0 Å². The molecule has 0 aromatic heterocycles. The van der Waals surface area contributed by atoms with E-state index in [-0.39, 0.29) is 5.82 Å². The van der Waals surface area contributed by atoms with E-state index in [1.807, 2.05) is 12.1 Å². The molecule has 21 heavy (non-hydrogen) atoms. The number of nitrogens with zero attached hydrogens (tertiary/aromatic N) is 2. The van der Waals surface area contributed by atoms with Crippen molar-refractivity contribution in [2.45, 2.75) is 32.4 Å². The number of nitroso groups, excluding NO2 is 2. The Labute approximate surface area is 123 Å². The second-order valence-electron chi connectivity index (χ2n) is 4.33. The Balaban J connectivity index is 0.000000400. The largest absolute Gasteiger partial charge is 0.398 e. The fraction of sp³-hybridized carbons (Fsp3) is 0.385. The minimum absolute atomic E-state index is 0.0906. The van der Waals surface area contributed by atoms with Crippen LogP contribution in [0.1, 0.15) is 32.3 Å². The normalized spacial score (nSPS) is 10.0. The second-order valence-corrected chi connectivity index (χ2v) is 4.33. The minimum Gasteiger partial charge on any atom is -0.398 e. The van der Waals surface area contributed by atoms with Gasteiger partial charge in [-0.3, -0.25) is 0 Å². The Bertz CT molecular complexity index is 497. The fourth-order valence-corrected chi connectivity index (χ4v) is 1.42. The van der Waals surface area contributed by atoms with Crippen molar-refractivity contribution in [1.82, 2.24) is 0 Å². The zero-order chi connectivity index (χ0) is 16.5. The van der Waals surface area contributed by atoms with E-state index in [4.69, 9.17) is 22.9 Å². The van der Waals surface area contributed by atoms with Gasteiger partial charge in [-0.05, 0) is 29.3 Å². The van der Waals surface area contributed by atoms with E-state index >= 15 is 0 Å². The van der Waals surface area contributed by atoms with Gasteiger partial charge in [0.2, 0.25) is 5.66 Å². The highest BCUT2D eigenvalue weighted by atomic mass is 16.3. The van der Waals surface area contributed by atoms with Crippen LogP contribution < -0.4 is 22.9 Å². The lowest BCUT2D eigenvalue weighted by Gasteiger charge is -2.11. The Morgan fingerprint density at radius 3 is 1.81 bits per heavy atom. The first-order chi connectivity index (χ1) is 9.87. The van der Waals surface area contributed by atoms with Crippen LogP contribution in [0.4, 0.5) is 5.69 Å². The van der Waals surface area contributed by atoms with Crippen molar-refractivity contribution in [3.05, 3.63) is 45.5 Å². The SMILES string of the molecule is CCC(CC)(N=O)N=O.NC(N)=C(N)c1ccccc1N. The molecule has 0 aliphatic heterocycles. The number of para-hydroxylation sites is 1. The number of anilines is 1. The third-order valence-electron chi connectivity index (χ3n) is 3.03. The van der Waals surface area contributed by atoms with Crippen LogP contribution in [0.25, 0.3) is 5.70 Å². The maximum Gasteiger partial charge on any atom is 0.231 e. The van der Waals surface area contributed by atoms with Crippen LogP contribution >= 0.6 is 0 Å². The first kappa shape index (κ1) is 18.4. The van der Waals surface area contributed by atoms with Gasteiger partial charge in [-0.2, -0.15) is 0 Å². The van der Waals surface area contributed by atoms with E-state index in [0.717, 1.165) is 0 Å². The lowest BCUT2D eigenvalue weighted by Crippen LogP contribution is -2.19. The van der Waals surface area contributed by atoms with Gasteiger partial charge in [0.05, 0.1) is 5.70 Å². The van der Waals surface area contributed by atoms with Gasteiger partial charge < -0.3 is 22.9 Å². The summed E-state index contributed by atoms with van der Waals surface area (Å²) < 4.78 is 0. The van der Waals surface area contributed by atoms with Gasteiger partial charge in [0.1, 0.15) is 5.82 Å². The van der Waals surface area contributed by atoms with Crippen molar-refractivity contribution >= 4 is 11.4 Å². The van der Waals surface area contributed by atoms with Crippen LogP contribution in [-0.4, -0.2) is 5.66 Å². The minimum atomic E-state index is -1.19. The first-order valence-electron chi connectivity index (χ1n) is 6.42. The van der Waals surface area contributed by atoms with E-state index in [2.05, 4.69) is 10.4 Å². The third-order valence-corrected chi connectivity index (χ3v) is 3.03. The lowest BCUT2D eigenvalue weighted by molar-refractivity contribution is 0.412. The molecule has 0 heterocycles. The first-order valence-corrected chi connectivity index (χ1v) is 6.42. The van der Waals surface area contributed by atoms with Gasteiger partial charge >= 0.3 is 0 Å². The number of benzene rings is 1. The number of nitrogens with two attached hydrogens (primary N) is 4. The zero-order valence-corrected chi connectivity index (χ0v) is 12.2. The van der Waals surface area contributed by atoms with Crippen molar-refractivity contribution in [3.8, 4) is 0 Å². The smallest absolute Gasteiger partial charge is 0.231 e. The summed E-state index contributed by atoms with van der Waals surface area (Å²) in [5.74, 6) is 0.0906. The van der Waals surface area contributed by atoms with Crippen LogP contribution in [-0.2, 0) is 0 Å². The molecule has 0 aliphatic rings. The maximum atomic E-state index is 9.98. The molecular formula is C13H22N6O2. The lowest BCUT2D eigenvalue weighted by atomic mass is 10.1. The number of rotatable bonds is 5. The summed E-state index contributed by atoms with van der Waals surface area (Å²) in [7, 11) is 0. The summed E-state index contributed by atoms with van der Waals surface area (Å²) in [6.07, 6.45) is 0.771. The highest BCUT2D eigenvalue weighted by Crippen LogP contribution is 2.20. The molecule has 0 atom stereocenters. The van der Waals surface area contributed by atoms with E-state index in [0.29, 0.717) is 29.8 Å². The molecule has 1 aromatic rings. The van der Waals surface area contributed by atoms with Crippen LogP contribution in [0.3, 0.4) is 0 Å². The third kappa shape index (κ3) is 5.09. The predicted octanol–water partition coefficient (Wildman–Crippen LogP) is 1.81. The zero-order valence-electron chi connectivity index (χ0n) is 12.2. The molecule has 116 valence electrons. The van der Waals surface area contributed by atoms with E-state index < -0.39 is 5.66 Å². The summed E-state index contributed by atoms with van der Waals surface area (Å²) in [5.41, 5.74) is 22.2. The van der Waals surface area contributed by atoms with Gasteiger partial charge in [0.15, 0.2) is 0 Å². The van der Waals surface area contributed by atoms with E-state index in [9.17, 15) is 9.81 Å². The molecule has 0 bridgehead atoms. The summed E-state index contributed by atoms with van der Waals surface area (Å²) in [6.45, 7) is 3.43. The van der Waals surface area contributed by atoms with Gasteiger partial charge in [0, 0.05) is 11.3 Å². The molecule has 0 spiro atoms. The second kappa shape index (κ2) is 8.51. The van der Waals surface area contributed by atoms with Crippen LogP contribution in [0.5, 0.6) is 0 Å². The molecule has 0 saturated carbocycles. The molecule has 1 aromatic carbocycles. The molecule has 0 fully saturated rings. The molecule has 1 rings (SSSR count). The Kier molecular flexibility index (Phi) is 7.44. The average Bonchev–Trinajstić information content (AvgIpc) is 2.50. The number of hydrogen-bond donors (Lipinski definition) is 4. The quantitative estimate of drug-likeness (QED) is 0.477. The average molecular weight is 294 g/mol. The van der Waals surface area contributed by atoms with Crippen LogP contribution in [0, 0.1) is 9.81 Å². The topological polar surface area (TPSA) is 163 Å². The van der Waals surface area contributed by atoms with E-state index in [1.54, 1.807) is 26.0 Å². The molecule has 8 heteroatoms. The Morgan fingerprint density at radius 2 is 1.52 bits per heavy atom. The molecule has 0 aliphatic carbocycles. The van der Waals surface area contributed by atoms with Gasteiger partial charge in [-0.15, -0.1) is 9.81 Å². The van der Waals surface area contributed by atoms with Crippen LogP contribution in [0.15, 0.2) is 40.4 Å². The van der Waals surface area contributed by atoms with Crippen molar-refractivity contribution in [1.29, 1.82) is 0 Å². The van der Waals surface area contributed by atoms with Crippen LogP contribution in [0.2, 0.25) is 0 Å². The molecule has 8 nitrogen and oxygen atoms in total. The van der Waals surface area contributed by atoms with Gasteiger partial charge in [-0.1, -0.05) is 32.0 Å². The highest BCUT2D eigenvalue weighted by Gasteiger charge is 2.27. The predicted molar refractivity (Wildman–Crippen MR) is 85.2 cm³/mol. The molecule has 0 radical (unpaired) electrons. The molecule has 0 unspecified atom stereocenters. The summed E-state index contributed by atoms with van der Waals surface area (Å²) in [6, 6.07) is 7.15. The number of hydrogen-bond acceptors (Lipinski definition) is 8. The van der Waals surface area contributed by atoms with E-state index in [1.165, 1.54) is 0 Å². The maximum absolute atomic E-state index is 9.98. The summed E-state index contributed by atoms with van der Waals surface area (Å²) in [5, 5.41) is 5.29. The molecule has 8 N–H and O–H groups in total. The fourth-order valence-electron chi connectivity index (χ4n) is 1.42. The Hall–Kier alpha value is -2.64. The molecular weight excluding hydrogens is 272 g/mol. The Morgan fingerprint density at radius 1 is 1.05 bits per heavy atom. The summed E-state index contributed by atoms with van der Waals surface area (Å²) in [4.78, 5) is 20.0. The monoisotopic (exact) mass is 294 g/mol. The van der Waals surface area contributed by atoms with Gasteiger partial charge in [-0.25, -0.2) is 0 Å². The van der Waals surface area contributed by atoms with Crippen molar-refractivity contribution in [2.24, 2.45) is 27.6 Å². The summed E-state index contributed by atoms with van der Waals surface area (Å²) >= 11 is 0. The number of nitrogen functional groups attached to an aromatic ring is 1. The highest BCUT2D eigenvalue weighted by molar-refractivity contribution is 5.74. The van der Waals surface area contributed by atoms with Crippen molar-refractivity contribution < 1.29 is 0 Å².